The van der Waals surface area contributed by atoms with Crippen LogP contribution in [0.25, 0.3) is 0 Å². The second-order valence-corrected chi connectivity index (χ2v) is 6.13. The molecule has 0 saturated heterocycles. The number of hydrogen-bond donors (Lipinski definition) is 2. The van der Waals surface area contributed by atoms with Gasteiger partial charge in [0.2, 0.25) is 0 Å². The highest BCUT2D eigenvalue weighted by molar-refractivity contribution is 6.00. The number of pyridine rings is 2. The molecule has 10 heteroatoms. The van der Waals surface area contributed by atoms with E-state index in [9.17, 15) is 19.2 Å². The number of nitrogens with zero attached hydrogens (tertiary/aromatic N) is 2. The molecule has 2 rings (SSSR count). The Bertz CT molecular complexity index is 936. The Morgan fingerprint density at radius 2 is 1.16 bits per heavy atom. The minimum Gasteiger partial charge on any atom is -0.464 e. The van der Waals surface area contributed by atoms with Crippen LogP contribution in [0.4, 0.5) is 0 Å². The highest BCUT2D eigenvalue weighted by atomic mass is 16.5. The van der Waals surface area contributed by atoms with E-state index in [1.807, 2.05) is 0 Å². The average molecular weight is 438 g/mol. The SMILES string of the molecule is COC(=O)/C(=C/CC/C=C(\NC(=O)c1ccccn1)C(=O)OC)NC(=O)c1ccccn1. The number of rotatable bonds is 9. The van der Waals surface area contributed by atoms with Crippen LogP contribution in [0.15, 0.2) is 72.3 Å². The van der Waals surface area contributed by atoms with Gasteiger partial charge in [0.15, 0.2) is 0 Å². The zero-order valence-electron chi connectivity index (χ0n) is 17.5. The van der Waals surface area contributed by atoms with Gasteiger partial charge in [0.25, 0.3) is 11.8 Å². The number of hydrogen-bond acceptors (Lipinski definition) is 8. The summed E-state index contributed by atoms with van der Waals surface area (Å²) in [5, 5.41) is 4.91. The monoisotopic (exact) mass is 438 g/mol. The fourth-order valence-corrected chi connectivity index (χ4v) is 2.41. The molecule has 2 aromatic rings. The van der Waals surface area contributed by atoms with Gasteiger partial charge in [0, 0.05) is 12.4 Å². The van der Waals surface area contributed by atoms with Gasteiger partial charge in [0.05, 0.1) is 14.2 Å². The van der Waals surface area contributed by atoms with Gasteiger partial charge < -0.3 is 20.1 Å². The molecule has 0 bridgehead atoms. The fraction of sp³-hybridized carbons (Fsp3) is 0.182. The third kappa shape index (κ3) is 7.17. The Morgan fingerprint density at radius 3 is 1.47 bits per heavy atom. The van der Waals surface area contributed by atoms with Crippen LogP contribution in [0.1, 0.15) is 33.8 Å². The lowest BCUT2D eigenvalue weighted by molar-refractivity contribution is -0.137. The normalized spacial score (nSPS) is 11.3. The zero-order chi connectivity index (χ0) is 23.3. The van der Waals surface area contributed by atoms with Crippen LogP contribution in [0.2, 0.25) is 0 Å². The van der Waals surface area contributed by atoms with Crippen LogP contribution < -0.4 is 10.6 Å². The van der Waals surface area contributed by atoms with Crippen molar-refractivity contribution in [3.8, 4) is 0 Å². The van der Waals surface area contributed by atoms with Gasteiger partial charge in [-0.05, 0) is 37.1 Å². The predicted octanol–water partition coefficient (Wildman–Crippen LogP) is 1.53. The Hall–Kier alpha value is -4.34. The molecule has 0 aliphatic rings. The Morgan fingerprint density at radius 1 is 0.750 bits per heavy atom. The number of aromatic nitrogens is 2. The second-order valence-electron chi connectivity index (χ2n) is 6.13. The summed E-state index contributed by atoms with van der Waals surface area (Å²) in [6, 6.07) is 9.60. The molecule has 2 N–H and O–H groups in total. The van der Waals surface area contributed by atoms with Gasteiger partial charge in [-0.3, -0.25) is 19.6 Å². The summed E-state index contributed by atoms with van der Waals surface area (Å²) in [7, 11) is 2.37. The maximum atomic E-state index is 12.3. The minimum absolute atomic E-state index is 0.0753. The van der Waals surface area contributed by atoms with E-state index in [2.05, 4.69) is 30.1 Å². The van der Waals surface area contributed by atoms with Gasteiger partial charge in [0.1, 0.15) is 22.8 Å². The van der Waals surface area contributed by atoms with Gasteiger partial charge in [-0.1, -0.05) is 24.3 Å². The number of ether oxygens (including phenoxy) is 2. The molecule has 0 aromatic carbocycles. The first-order valence-electron chi connectivity index (χ1n) is 9.48. The molecule has 0 saturated carbocycles. The number of methoxy groups -OCH3 is 2. The molecule has 0 spiro atoms. The van der Waals surface area contributed by atoms with Gasteiger partial charge >= 0.3 is 11.9 Å². The molecule has 2 amide bonds. The molecule has 0 aliphatic carbocycles. The van der Waals surface area contributed by atoms with E-state index in [-0.39, 0.29) is 35.6 Å². The molecular formula is C22H22N4O6. The number of nitrogens with one attached hydrogen (secondary N) is 2. The first-order chi connectivity index (χ1) is 15.5. The van der Waals surface area contributed by atoms with Crippen LogP contribution in [-0.4, -0.2) is 47.9 Å². The van der Waals surface area contributed by atoms with E-state index in [0.29, 0.717) is 0 Å². The summed E-state index contributed by atoms with van der Waals surface area (Å²) in [4.78, 5) is 56.3. The molecule has 0 radical (unpaired) electrons. The van der Waals surface area contributed by atoms with Gasteiger partial charge in [-0.15, -0.1) is 0 Å². The third-order valence-corrected chi connectivity index (χ3v) is 3.97. The molecule has 0 aliphatic heterocycles. The lowest BCUT2D eigenvalue weighted by atomic mass is 10.2. The summed E-state index contributed by atoms with van der Waals surface area (Å²) in [5.41, 5.74) is 0.113. The van der Waals surface area contributed by atoms with Crippen LogP contribution in [-0.2, 0) is 19.1 Å². The molecule has 2 heterocycles. The molecule has 10 nitrogen and oxygen atoms in total. The van der Waals surface area contributed by atoms with Crippen molar-refractivity contribution < 1.29 is 28.7 Å². The first kappa shape index (κ1) is 23.9. The molecule has 0 fully saturated rings. The smallest absolute Gasteiger partial charge is 0.354 e. The van der Waals surface area contributed by atoms with Crippen molar-refractivity contribution in [2.45, 2.75) is 12.8 Å². The van der Waals surface area contributed by atoms with Crippen molar-refractivity contribution in [3.05, 3.63) is 83.7 Å². The molecule has 2 aromatic heterocycles. The van der Waals surface area contributed by atoms with E-state index in [0.717, 1.165) is 0 Å². The lowest BCUT2D eigenvalue weighted by Gasteiger charge is -2.09. The Kier molecular flexibility index (Phi) is 9.26. The summed E-state index contributed by atoms with van der Waals surface area (Å²) in [5.74, 6) is -2.63. The molecule has 0 unspecified atom stereocenters. The van der Waals surface area contributed by atoms with Crippen LogP contribution in [0.5, 0.6) is 0 Å². The number of esters is 2. The molecular weight excluding hydrogens is 416 g/mol. The van der Waals surface area contributed by atoms with E-state index in [1.165, 1.54) is 50.9 Å². The summed E-state index contributed by atoms with van der Waals surface area (Å²) in [6.07, 6.45) is 6.28. The number of carbonyl (C=O) groups is 4. The largest absolute Gasteiger partial charge is 0.464 e. The number of amides is 2. The maximum Gasteiger partial charge on any atom is 0.354 e. The fourth-order valence-electron chi connectivity index (χ4n) is 2.41. The standard InChI is InChI=1S/C22H22N4O6/c1-31-21(29)17(25-19(27)15-9-5-7-13-23-15)11-3-4-12-18(22(30)32-2)26-20(28)16-10-6-8-14-24-16/h5-14H,3-4H2,1-2H3,(H,25,27)(H,26,28)/b17-11-,18-12-. The highest BCUT2D eigenvalue weighted by Gasteiger charge is 2.16. The quantitative estimate of drug-likeness (QED) is 0.342. The minimum atomic E-state index is -0.741. The van der Waals surface area contributed by atoms with Crippen molar-refractivity contribution in [2.24, 2.45) is 0 Å². The summed E-state index contributed by atoms with van der Waals surface area (Å²) in [6.45, 7) is 0. The molecule has 0 atom stereocenters. The van der Waals surface area contributed by atoms with Gasteiger partial charge in [-0.2, -0.15) is 0 Å². The lowest BCUT2D eigenvalue weighted by Crippen LogP contribution is -2.29. The number of unbranched alkanes of at least 4 members (excludes halogenated alkanes) is 1. The van der Waals surface area contributed by atoms with E-state index in [4.69, 9.17) is 0 Å². The maximum absolute atomic E-state index is 12.3. The third-order valence-electron chi connectivity index (χ3n) is 3.97. The molecule has 166 valence electrons. The first-order valence-corrected chi connectivity index (χ1v) is 9.48. The summed E-state index contributed by atoms with van der Waals surface area (Å²) < 4.78 is 9.38. The summed E-state index contributed by atoms with van der Waals surface area (Å²) >= 11 is 0. The predicted molar refractivity (Wildman–Crippen MR) is 113 cm³/mol. The van der Waals surface area contributed by atoms with Crippen molar-refractivity contribution >= 4 is 23.8 Å². The second kappa shape index (κ2) is 12.4. The topological polar surface area (TPSA) is 137 Å². The van der Waals surface area contributed by atoms with Crippen LogP contribution in [0.3, 0.4) is 0 Å². The van der Waals surface area contributed by atoms with Crippen molar-refractivity contribution in [3.63, 3.8) is 0 Å². The van der Waals surface area contributed by atoms with Crippen LogP contribution in [0, 0.1) is 0 Å². The van der Waals surface area contributed by atoms with E-state index in [1.54, 1.807) is 24.3 Å². The van der Waals surface area contributed by atoms with Crippen molar-refractivity contribution in [1.29, 1.82) is 0 Å². The molecule has 32 heavy (non-hydrogen) atoms. The Balaban J connectivity index is 2.07. The zero-order valence-corrected chi connectivity index (χ0v) is 17.5. The highest BCUT2D eigenvalue weighted by Crippen LogP contribution is 2.06. The van der Waals surface area contributed by atoms with Crippen LogP contribution >= 0.6 is 0 Å². The van der Waals surface area contributed by atoms with Gasteiger partial charge in [-0.25, -0.2) is 9.59 Å². The average Bonchev–Trinajstić information content (AvgIpc) is 2.84. The van der Waals surface area contributed by atoms with Crippen molar-refractivity contribution in [1.82, 2.24) is 20.6 Å². The van der Waals surface area contributed by atoms with Crippen molar-refractivity contribution in [2.75, 3.05) is 14.2 Å². The Labute approximate surface area is 184 Å². The number of allylic oxidation sites excluding steroid dienone is 2. The van der Waals surface area contributed by atoms with E-state index >= 15 is 0 Å². The number of carbonyl (C=O) groups excluding carboxylic acids is 4. The van der Waals surface area contributed by atoms with E-state index < -0.39 is 23.8 Å².